The summed E-state index contributed by atoms with van der Waals surface area (Å²) in [4.78, 5) is 0. The maximum absolute atomic E-state index is 11.1. The van der Waals surface area contributed by atoms with E-state index in [9.17, 15) is 15.3 Å². The molecule has 0 spiro atoms. The largest absolute Gasteiger partial charge is 0.504 e. The summed E-state index contributed by atoms with van der Waals surface area (Å²) in [6.45, 7) is 12.9. The second kappa shape index (κ2) is 13.0. The van der Waals surface area contributed by atoms with Crippen molar-refractivity contribution in [3.05, 3.63) is 41.5 Å². The molecule has 0 aromatic heterocycles. The quantitative estimate of drug-likeness (QED) is 0.170. The summed E-state index contributed by atoms with van der Waals surface area (Å²) >= 11 is 0. The first-order chi connectivity index (χ1) is 18.0. The highest BCUT2D eigenvalue weighted by Crippen LogP contribution is 2.45. The van der Waals surface area contributed by atoms with Crippen LogP contribution in [0.15, 0.2) is 30.3 Å². The van der Waals surface area contributed by atoms with Crippen LogP contribution in [0.2, 0.25) is 0 Å². The van der Waals surface area contributed by atoms with E-state index in [0.717, 1.165) is 56.9 Å². The predicted molar refractivity (Wildman–Crippen MR) is 152 cm³/mol. The summed E-state index contributed by atoms with van der Waals surface area (Å²) in [7, 11) is 0. The van der Waals surface area contributed by atoms with Gasteiger partial charge in [-0.1, -0.05) is 52.5 Å². The van der Waals surface area contributed by atoms with Gasteiger partial charge in [0.25, 0.3) is 0 Å². The van der Waals surface area contributed by atoms with Crippen molar-refractivity contribution in [2.24, 2.45) is 0 Å². The van der Waals surface area contributed by atoms with Crippen LogP contribution in [0.4, 0.5) is 0 Å². The van der Waals surface area contributed by atoms with Gasteiger partial charge in [0.2, 0.25) is 0 Å². The number of hydrogen-bond donors (Lipinski definition) is 3. The van der Waals surface area contributed by atoms with E-state index in [0.29, 0.717) is 29.2 Å². The van der Waals surface area contributed by atoms with Crippen molar-refractivity contribution >= 4 is 0 Å². The third-order valence-electron chi connectivity index (χ3n) is 7.68. The van der Waals surface area contributed by atoms with Crippen LogP contribution in [0.1, 0.15) is 117 Å². The number of phenols is 2. The summed E-state index contributed by atoms with van der Waals surface area (Å²) in [6.07, 6.45) is 8.36. The Balaban J connectivity index is 1.98. The van der Waals surface area contributed by atoms with E-state index in [2.05, 4.69) is 41.5 Å². The van der Waals surface area contributed by atoms with Gasteiger partial charge in [-0.25, -0.2) is 0 Å². The summed E-state index contributed by atoms with van der Waals surface area (Å²) in [5, 5.41) is 30.9. The number of benzene rings is 2. The topological polar surface area (TPSA) is 88.4 Å². The van der Waals surface area contributed by atoms with Crippen molar-refractivity contribution in [1.82, 2.24) is 0 Å². The molecule has 1 aliphatic heterocycles. The van der Waals surface area contributed by atoms with Gasteiger partial charge in [0.05, 0.1) is 6.10 Å². The van der Waals surface area contributed by atoms with Crippen molar-refractivity contribution < 1.29 is 29.5 Å². The minimum absolute atomic E-state index is 0.210. The molecule has 6 nitrogen and oxygen atoms in total. The fraction of sp³-hybridized carbons (Fsp3) is 0.625. The summed E-state index contributed by atoms with van der Waals surface area (Å²) < 4.78 is 19.6. The van der Waals surface area contributed by atoms with Crippen molar-refractivity contribution in [1.29, 1.82) is 0 Å². The van der Waals surface area contributed by atoms with Gasteiger partial charge in [-0.05, 0) is 70.6 Å². The Hall–Kier alpha value is -2.60. The second-order valence-electron chi connectivity index (χ2n) is 11.6. The lowest BCUT2D eigenvalue weighted by Crippen LogP contribution is -2.34. The molecule has 0 radical (unpaired) electrons. The van der Waals surface area contributed by atoms with E-state index in [1.807, 2.05) is 12.1 Å². The number of rotatable bonds is 14. The molecule has 1 heterocycles. The SMILES string of the molecule is CCCCCC(C)(C)Oc1cc2c(c(OC(C)(CC)CCCCC)c1)C[C@@H](O)[C@@H](c1ccc(O)c(O)c1)O2. The number of unbranched alkanes of at least 4 members (excludes halogenated alkanes) is 4. The van der Waals surface area contributed by atoms with Crippen LogP contribution in [0.25, 0.3) is 0 Å². The highest BCUT2D eigenvalue weighted by atomic mass is 16.5. The van der Waals surface area contributed by atoms with E-state index >= 15 is 0 Å². The maximum atomic E-state index is 11.1. The molecule has 6 heteroatoms. The Morgan fingerprint density at radius 3 is 2.18 bits per heavy atom. The molecule has 2 aromatic rings. The summed E-state index contributed by atoms with van der Waals surface area (Å²) in [5.41, 5.74) is 0.711. The van der Waals surface area contributed by atoms with Crippen LogP contribution in [-0.2, 0) is 6.42 Å². The van der Waals surface area contributed by atoms with Crippen molar-refractivity contribution in [2.75, 3.05) is 0 Å². The summed E-state index contributed by atoms with van der Waals surface area (Å²) in [6, 6.07) is 8.35. The third-order valence-corrected chi connectivity index (χ3v) is 7.68. The molecule has 38 heavy (non-hydrogen) atoms. The first-order valence-corrected chi connectivity index (χ1v) is 14.4. The minimum atomic E-state index is -0.848. The number of ether oxygens (including phenoxy) is 3. The van der Waals surface area contributed by atoms with Gasteiger partial charge >= 0.3 is 0 Å². The van der Waals surface area contributed by atoms with Gasteiger partial charge in [0, 0.05) is 24.1 Å². The molecule has 2 aromatic carbocycles. The van der Waals surface area contributed by atoms with E-state index in [4.69, 9.17) is 14.2 Å². The first kappa shape index (κ1) is 29.9. The normalized spacial score (nSPS) is 18.8. The van der Waals surface area contributed by atoms with Crippen LogP contribution in [0.5, 0.6) is 28.7 Å². The van der Waals surface area contributed by atoms with E-state index in [-0.39, 0.29) is 22.7 Å². The zero-order valence-electron chi connectivity index (χ0n) is 24.2. The molecule has 0 amide bonds. The molecule has 3 N–H and O–H groups in total. The van der Waals surface area contributed by atoms with Gasteiger partial charge in [0.15, 0.2) is 11.5 Å². The van der Waals surface area contributed by atoms with Crippen LogP contribution in [0, 0.1) is 0 Å². The van der Waals surface area contributed by atoms with Crippen molar-refractivity contribution in [2.45, 2.75) is 129 Å². The van der Waals surface area contributed by atoms with Gasteiger partial charge in [0.1, 0.15) is 34.6 Å². The lowest BCUT2D eigenvalue weighted by Gasteiger charge is -2.36. The Morgan fingerprint density at radius 2 is 1.55 bits per heavy atom. The molecular formula is C32H48O6. The van der Waals surface area contributed by atoms with Gasteiger partial charge < -0.3 is 29.5 Å². The number of fused-ring (bicyclic) bond motifs is 1. The number of aromatic hydroxyl groups is 2. The zero-order chi connectivity index (χ0) is 27.9. The lowest BCUT2D eigenvalue weighted by atomic mass is 9.92. The predicted octanol–water partition coefficient (Wildman–Crippen LogP) is 8.00. The fourth-order valence-electron chi connectivity index (χ4n) is 5.08. The number of aliphatic hydroxyl groups is 1. The van der Waals surface area contributed by atoms with Crippen LogP contribution in [0.3, 0.4) is 0 Å². The number of hydrogen-bond acceptors (Lipinski definition) is 6. The van der Waals surface area contributed by atoms with Crippen LogP contribution in [-0.4, -0.2) is 32.6 Å². The highest BCUT2D eigenvalue weighted by molar-refractivity contribution is 5.53. The van der Waals surface area contributed by atoms with Gasteiger partial charge in [-0.15, -0.1) is 0 Å². The molecule has 0 bridgehead atoms. The molecule has 0 saturated carbocycles. The zero-order valence-corrected chi connectivity index (χ0v) is 24.2. The first-order valence-electron chi connectivity index (χ1n) is 14.4. The average molecular weight is 529 g/mol. The van der Waals surface area contributed by atoms with Crippen LogP contribution >= 0.6 is 0 Å². The van der Waals surface area contributed by atoms with Gasteiger partial charge in [-0.2, -0.15) is 0 Å². The Morgan fingerprint density at radius 1 is 0.868 bits per heavy atom. The van der Waals surface area contributed by atoms with E-state index in [1.165, 1.54) is 18.6 Å². The smallest absolute Gasteiger partial charge is 0.157 e. The monoisotopic (exact) mass is 528 g/mol. The molecule has 212 valence electrons. The molecule has 0 fully saturated rings. The molecule has 0 saturated heterocycles. The number of aliphatic hydroxyl groups excluding tert-OH is 1. The molecule has 0 aliphatic carbocycles. The lowest BCUT2D eigenvalue weighted by molar-refractivity contribution is 0.0151. The molecule has 1 unspecified atom stereocenters. The van der Waals surface area contributed by atoms with Crippen molar-refractivity contribution in [3.63, 3.8) is 0 Å². The molecule has 3 atom stereocenters. The summed E-state index contributed by atoms with van der Waals surface area (Å²) in [5.74, 6) is 1.52. The van der Waals surface area contributed by atoms with Crippen LogP contribution < -0.4 is 14.2 Å². The van der Waals surface area contributed by atoms with E-state index in [1.54, 1.807) is 6.07 Å². The van der Waals surface area contributed by atoms with Crippen molar-refractivity contribution in [3.8, 4) is 28.7 Å². The highest BCUT2D eigenvalue weighted by Gasteiger charge is 2.35. The molecule has 1 aliphatic rings. The maximum Gasteiger partial charge on any atom is 0.157 e. The molecule has 3 rings (SSSR count). The Kier molecular flexibility index (Phi) is 10.2. The fourth-order valence-corrected chi connectivity index (χ4v) is 5.08. The minimum Gasteiger partial charge on any atom is -0.504 e. The molecular weight excluding hydrogens is 480 g/mol. The Bertz CT molecular complexity index is 1050. The van der Waals surface area contributed by atoms with Gasteiger partial charge in [-0.3, -0.25) is 0 Å². The standard InChI is InChI=1S/C32H48O6/c1-7-10-12-16-31(4,5)37-23-19-28-24(29(20-23)38-32(6,9-3)17-13-11-8-2)21-27(35)30(36-28)22-14-15-25(33)26(34)18-22/h14-15,18-20,27,30,33-35H,7-13,16-17,21H2,1-6H3/t27-,30-,32?/m1/s1. The second-order valence-corrected chi connectivity index (χ2v) is 11.6. The third kappa shape index (κ3) is 7.72. The van der Waals surface area contributed by atoms with E-state index < -0.39 is 12.2 Å². The Labute approximate surface area is 229 Å². The average Bonchev–Trinajstić information content (AvgIpc) is 2.86. The number of phenolic OH excluding ortho intramolecular Hbond substituents is 2.